The Bertz CT molecular complexity index is 513. The summed E-state index contributed by atoms with van der Waals surface area (Å²) in [6.45, 7) is 0. The van der Waals surface area contributed by atoms with Crippen LogP contribution in [0.3, 0.4) is 0 Å². The molecule has 0 amide bonds. The fraction of sp³-hybridized carbons (Fsp3) is 0.294. The molecular formula is C17H18O2. The zero-order chi connectivity index (χ0) is 13.1. The summed E-state index contributed by atoms with van der Waals surface area (Å²) in [7, 11) is 0. The van der Waals surface area contributed by atoms with Crippen LogP contribution in [0.1, 0.15) is 24.0 Å². The average Bonchev–Trinajstić information content (AvgIpc) is 2.40. The molecule has 3 rings (SSSR count). The van der Waals surface area contributed by atoms with Crippen LogP contribution < -0.4 is 4.74 Å². The van der Waals surface area contributed by atoms with E-state index in [-0.39, 0.29) is 12.2 Å². The summed E-state index contributed by atoms with van der Waals surface area (Å²) in [5, 5.41) is 9.22. The van der Waals surface area contributed by atoms with Gasteiger partial charge in [0.05, 0.1) is 6.10 Å². The van der Waals surface area contributed by atoms with Crippen LogP contribution in [0.15, 0.2) is 54.6 Å². The molecule has 0 spiro atoms. The van der Waals surface area contributed by atoms with Gasteiger partial charge >= 0.3 is 0 Å². The van der Waals surface area contributed by atoms with Crippen LogP contribution >= 0.6 is 0 Å². The normalized spacial score (nSPS) is 21.7. The lowest BCUT2D eigenvalue weighted by Gasteiger charge is -2.31. The van der Waals surface area contributed by atoms with E-state index < -0.39 is 0 Å². The number of rotatable bonds is 4. The second kappa shape index (κ2) is 5.45. The molecule has 1 aliphatic carbocycles. The zero-order valence-electron chi connectivity index (χ0n) is 10.8. The standard InChI is InChI=1S/C17H18O2/c18-15-11-17(12-15)19-16-8-6-14(7-9-16)10-13-4-2-1-3-5-13/h1-9,15,17-18H,10-12H2. The van der Waals surface area contributed by atoms with Crippen LogP contribution in [-0.4, -0.2) is 17.3 Å². The maximum absolute atomic E-state index is 9.22. The van der Waals surface area contributed by atoms with Gasteiger partial charge in [-0.3, -0.25) is 0 Å². The molecule has 0 unspecified atom stereocenters. The lowest BCUT2D eigenvalue weighted by atomic mass is 9.92. The number of aliphatic hydroxyl groups is 1. The summed E-state index contributed by atoms with van der Waals surface area (Å²) >= 11 is 0. The van der Waals surface area contributed by atoms with Crippen molar-refractivity contribution in [3.8, 4) is 5.75 Å². The number of ether oxygens (including phenoxy) is 1. The Morgan fingerprint density at radius 3 is 2.16 bits per heavy atom. The van der Waals surface area contributed by atoms with Crippen molar-refractivity contribution < 1.29 is 9.84 Å². The Kier molecular flexibility index (Phi) is 3.51. The molecule has 2 aromatic carbocycles. The third kappa shape index (κ3) is 3.15. The van der Waals surface area contributed by atoms with Crippen molar-refractivity contribution in [1.29, 1.82) is 0 Å². The van der Waals surface area contributed by atoms with E-state index in [9.17, 15) is 5.11 Å². The van der Waals surface area contributed by atoms with Crippen LogP contribution in [0, 0.1) is 0 Å². The first kappa shape index (κ1) is 12.2. The number of hydrogen-bond acceptors (Lipinski definition) is 2. The number of hydrogen-bond donors (Lipinski definition) is 1. The molecule has 0 atom stereocenters. The number of aliphatic hydroxyl groups excluding tert-OH is 1. The Morgan fingerprint density at radius 1 is 0.895 bits per heavy atom. The highest BCUT2D eigenvalue weighted by Crippen LogP contribution is 2.26. The Morgan fingerprint density at radius 2 is 1.53 bits per heavy atom. The molecule has 1 saturated carbocycles. The van der Waals surface area contributed by atoms with Gasteiger partial charge in [-0.2, -0.15) is 0 Å². The lowest BCUT2D eigenvalue weighted by Crippen LogP contribution is -2.37. The molecule has 2 aromatic rings. The Balaban J connectivity index is 1.59. The zero-order valence-corrected chi connectivity index (χ0v) is 10.8. The van der Waals surface area contributed by atoms with E-state index in [1.54, 1.807) is 0 Å². The van der Waals surface area contributed by atoms with Gasteiger partial charge in [0.15, 0.2) is 0 Å². The van der Waals surface area contributed by atoms with Crippen LogP contribution in [0.2, 0.25) is 0 Å². The Hall–Kier alpha value is -1.80. The largest absolute Gasteiger partial charge is 0.490 e. The second-order valence-electron chi connectivity index (χ2n) is 5.17. The molecule has 0 aliphatic heterocycles. The topological polar surface area (TPSA) is 29.5 Å². The third-order valence-corrected chi connectivity index (χ3v) is 3.55. The van der Waals surface area contributed by atoms with Crippen molar-refractivity contribution in [2.24, 2.45) is 0 Å². The minimum absolute atomic E-state index is 0.164. The van der Waals surface area contributed by atoms with E-state index in [0.29, 0.717) is 0 Å². The molecule has 98 valence electrons. The molecule has 0 bridgehead atoms. The van der Waals surface area contributed by atoms with Crippen molar-refractivity contribution in [2.45, 2.75) is 31.5 Å². The van der Waals surface area contributed by atoms with Gasteiger partial charge in [-0.15, -0.1) is 0 Å². The fourth-order valence-corrected chi connectivity index (χ4v) is 2.34. The SMILES string of the molecule is OC1CC(Oc2ccc(Cc3ccccc3)cc2)C1. The quantitative estimate of drug-likeness (QED) is 0.908. The van der Waals surface area contributed by atoms with Crippen LogP contribution in [0.25, 0.3) is 0 Å². The van der Waals surface area contributed by atoms with E-state index in [0.717, 1.165) is 25.0 Å². The maximum atomic E-state index is 9.22. The summed E-state index contributed by atoms with van der Waals surface area (Å²) in [6, 6.07) is 18.7. The predicted molar refractivity (Wildman–Crippen MR) is 75.3 cm³/mol. The van der Waals surface area contributed by atoms with Crippen molar-refractivity contribution in [2.75, 3.05) is 0 Å². The molecule has 2 nitrogen and oxygen atoms in total. The highest BCUT2D eigenvalue weighted by Gasteiger charge is 2.28. The summed E-state index contributed by atoms with van der Waals surface area (Å²) < 4.78 is 5.77. The van der Waals surface area contributed by atoms with E-state index in [1.807, 2.05) is 18.2 Å². The minimum atomic E-state index is -0.164. The molecule has 0 radical (unpaired) electrons. The fourth-order valence-electron chi connectivity index (χ4n) is 2.34. The maximum Gasteiger partial charge on any atom is 0.119 e. The van der Waals surface area contributed by atoms with Gasteiger partial charge < -0.3 is 9.84 Å². The highest BCUT2D eigenvalue weighted by molar-refractivity contribution is 5.31. The summed E-state index contributed by atoms with van der Waals surface area (Å²) in [4.78, 5) is 0. The van der Waals surface area contributed by atoms with Gasteiger partial charge in [-0.25, -0.2) is 0 Å². The van der Waals surface area contributed by atoms with Gasteiger partial charge in [0.25, 0.3) is 0 Å². The Labute approximate surface area is 113 Å². The highest BCUT2D eigenvalue weighted by atomic mass is 16.5. The van der Waals surface area contributed by atoms with Crippen molar-refractivity contribution in [3.63, 3.8) is 0 Å². The molecular weight excluding hydrogens is 236 g/mol. The van der Waals surface area contributed by atoms with Gasteiger partial charge in [0, 0.05) is 12.8 Å². The summed E-state index contributed by atoms with van der Waals surface area (Å²) in [5.41, 5.74) is 2.60. The minimum Gasteiger partial charge on any atom is -0.490 e. The van der Waals surface area contributed by atoms with Crippen LogP contribution in [0.5, 0.6) is 5.75 Å². The van der Waals surface area contributed by atoms with E-state index in [4.69, 9.17) is 4.74 Å². The molecule has 0 saturated heterocycles. The van der Waals surface area contributed by atoms with Gasteiger partial charge in [0.2, 0.25) is 0 Å². The average molecular weight is 254 g/mol. The molecule has 1 aliphatic rings. The van der Waals surface area contributed by atoms with E-state index >= 15 is 0 Å². The van der Waals surface area contributed by atoms with Gasteiger partial charge in [-0.1, -0.05) is 42.5 Å². The second-order valence-corrected chi connectivity index (χ2v) is 5.17. The van der Waals surface area contributed by atoms with Gasteiger partial charge in [0.1, 0.15) is 11.9 Å². The van der Waals surface area contributed by atoms with E-state index in [1.165, 1.54) is 11.1 Å². The molecule has 0 aromatic heterocycles. The smallest absolute Gasteiger partial charge is 0.119 e. The van der Waals surface area contributed by atoms with Crippen LogP contribution in [0.4, 0.5) is 0 Å². The van der Waals surface area contributed by atoms with Crippen LogP contribution in [-0.2, 0) is 6.42 Å². The molecule has 2 heteroatoms. The third-order valence-electron chi connectivity index (χ3n) is 3.55. The summed E-state index contributed by atoms with van der Waals surface area (Å²) in [5.74, 6) is 0.897. The molecule has 19 heavy (non-hydrogen) atoms. The lowest BCUT2D eigenvalue weighted by molar-refractivity contribution is -0.0107. The summed E-state index contributed by atoms with van der Waals surface area (Å²) in [6.07, 6.45) is 2.48. The first-order valence-corrected chi connectivity index (χ1v) is 6.77. The molecule has 1 N–H and O–H groups in total. The monoisotopic (exact) mass is 254 g/mol. The van der Waals surface area contributed by atoms with Gasteiger partial charge in [-0.05, 0) is 29.7 Å². The van der Waals surface area contributed by atoms with E-state index in [2.05, 4.69) is 36.4 Å². The first-order valence-electron chi connectivity index (χ1n) is 6.77. The molecule has 1 fully saturated rings. The number of benzene rings is 2. The molecule has 0 heterocycles. The van der Waals surface area contributed by atoms with Crippen molar-refractivity contribution in [3.05, 3.63) is 65.7 Å². The first-order chi connectivity index (χ1) is 9.29. The predicted octanol–water partition coefficient (Wildman–Crippen LogP) is 3.18. The van der Waals surface area contributed by atoms with Crippen molar-refractivity contribution >= 4 is 0 Å². The van der Waals surface area contributed by atoms with Crippen molar-refractivity contribution in [1.82, 2.24) is 0 Å².